The van der Waals surface area contributed by atoms with Crippen LogP contribution in [0.5, 0.6) is 0 Å². The van der Waals surface area contributed by atoms with Crippen molar-refractivity contribution in [2.45, 2.75) is 6.10 Å². The van der Waals surface area contributed by atoms with Gasteiger partial charge in [0.05, 0.1) is 30.6 Å². The lowest BCUT2D eigenvalue weighted by atomic mass is 10.1. The number of carbonyl (C=O) groups excluding carboxylic acids is 1. The van der Waals surface area contributed by atoms with Crippen molar-refractivity contribution in [1.29, 1.82) is 0 Å². The van der Waals surface area contributed by atoms with Crippen molar-refractivity contribution < 1.29 is 9.53 Å². The second-order valence-corrected chi connectivity index (χ2v) is 5.91. The quantitative estimate of drug-likeness (QED) is 0.725. The number of rotatable bonds is 2. The summed E-state index contributed by atoms with van der Waals surface area (Å²) in [5.41, 5.74) is 2.54. The number of carbonyl (C=O) groups is 1. The van der Waals surface area contributed by atoms with E-state index in [0.717, 1.165) is 22.2 Å². The second-order valence-electron chi connectivity index (χ2n) is 5.91. The van der Waals surface area contributed by atoms with Crippen LogP contribution in [0.4, 0.5) is 0 Å². The molecule has 1 amide bonds. The highest BCUT2D eigenvalue weighted by atomic mass is 16.5. The minimum atomic E-state index is -0.230. The highest BCUT2D eigenvalue weighted by Crippen LogP contribution is 2.25. The first-order chi connectivity index (χ1) is 11.7. The molecule has 1 saturated heterocycles. The van der Waals surface area contributed by atoms with Crippen LogP contribution in [0.25, 0.3) is 10.9 Å². The SMILES string of the molecule is Cn1cc(C(=O)N2CCO[C@@H](c3cnccn3)C2)c2ccccc21. The molecule has 1 aliphatic rings. The molecule has 0 spiro atoms. The van der Waals surface area contributed by atoms with Crippen LogP contribution in [0.3, 0.4) is 0 Å². The van der Waals surface area contributed by atoms with Gasteiger partial charge >= 0.3 is 0 Å². The summed E-state index contributed by atoms with van der Waals surface area (Å²) in [7, 11) is 1.96. The molecular formula is C18H18N4O2. The van der Waals surface area contributed by atoms with Gasteiger partial charge < -0.3 is 14.2 Å². The van der Waals surface area contributed by atoms with E-state index in [4.69, 9.17) is 4.74 Å². The molecule has 1 fully saturated rings. The fourth-order valence-corrected chi connectivity index (χ4v) is 3.17. The molecule has 3 heterocycles. The molecule has 4 rings (SSSR count). The summed E-state index contributed by atoms with van der Waals surface area (Å²) in [4.78, 5) is 23.2. The highest BCUT2D eigenvalue weighted by Gasteiger charge is 2.28. The van der Waals surface area contributed by atoms with E-state index in [9.17, 15) is 4.79 Å². The molecule has 24 heavy (non-hydrogen) atoms. The number of nitrogens with zero attached hydrogens (tertiary/aromatic N) is 4. The monoisotopic (exact) mass is 322 g/mol. The number of hydrogen-bond donors (Lipinski definition) is 0. The molecule has 2 aromatic heterocycles. The Morgan fingerprint density at radius 2 is 2.17 bits per heavy atom. The Morgan fingerprint density at radius 3 is 3.00 bits per heavy atom. The molecule has 3 aromatic rings. The lowest BCUT2D eigenvalue weighted by molar-refractivity contribution is -0.0248. The minimum Gasteiger partial charge on any atom is -0.368 e. The van der Waals surface area contributed by atoms with Gasteiger partial charge in [-0.2, -0.15) is 0 Å². The number of fused-ring (bicyclic) bond motifs is 1. The first-order valence-electron chi connectivity index (χ1n) is 7.95. The Labute approximate surface area is 139 Å². The van der Waals surface area contributed by atoms with E-state index in [2.05, 4.69) is 9.97 Å². The lowest BCUT2D eigenvalue weighted by Crippen LogP contribution is -2.42. The van der Waals surface area contributed by atoms with Crippen LogP contribution in [0.1, 0.15) is 22.2 Å². The van der Waals surface area contributed by atoms with E-state index in [-0.39, 0.29) is 12.0 Å². The Hall–Kier alpha value is -2.73. The van der Waals surface area contributed by atoms with Gasteiger partial charge in [-0.25, -0.2) is 0 Å². The molecule has 0 radical (unpaired) electrons. The lowest BCUT2D eigenvalue weighted by Gasteiger charge is -2.32. The Kier molecular flexibility index (Phi) is 3.74. The molecule has 0 saturated carbocycles. The van der Waals surface area contributed by atoms with E-state index >= 15 is 0 Å². The van der Waals surface area contributed by atoms with Crippen molar-refractivity contribution in [2.75, 3.05) is 19.7 Å². The van der Waals surface area contributed by atoms with E-state index in [0.29, 0.717) is 19.7 Å². The van der Waals surface area contributed by atoms with E-state index < -0.39 is 0 Å². The third-order valence-electron chi connectivity index (χ3n) is 4.39. The standard InChI is InChI=1S/C18H18N4O2/c1-21-11-14(13-4-2-3-5-16(13)21)18(23)22-8-9-24-17(12-22)15-10-19-6-7-20-15/h2-7,10-11,17H,8-9,12H2,1H3/t17-/m1/s1. The van der Waals surface area contributed by atoms with Crippen LogP contribution in [0, 0.1) is 0 Å². The Balaban J connectivity index is 1.62. The summed E-state index contributed by atoms with van der Waals surface area (Å²) in [5.74, 6) is 0.0315. The molecule has 6 heteroatoms. The smallest absolute Gasteiger partial charge is 0.256 e. The van der Waals surface area contributed by atoms with Crippen LogP contribution in [0.2, 0.25) is 0 Å². The van der Waals surface area contributed by atoms with Crippen molar-refractivity contribution in [2.24, 2.45) is 7.05 Å². The third-order valence-corrected chi connectivity index (χ3v) is 4.39. The van der Waals surface area contributed by atoms with Crippen LogP contribution < -0.4 is 0 Å². The first kappa shape index (κ1) is 14.8. The van der Waals surface area contributed by atoms with Gasteiger partial charge in [0.2, 0.25) is 0 Å². The zero-order chi connectivity index (χ0) is 16.5. The van der Waals surface area contributed by atoms with Crippen LogP contribution in [0.15, 0.2) is 49.1 Å². The number of aromatic nitrogens is 3. The fraction of sp³-hybridized carbons (Fsp3) is 0.278. The second kappa shape index (κ2) is 6.05. The zero-order valence-electron chi connectivity index (χ0n) is 13.4. The summed E-state index contributed by atoms with van der Waals surface area (Å²) in [6.07, 6.45) is 6.64. The molecule has 0 bridgehead atoms. The zero-order valence-corrected chi connectivity index (χ0v) is 13.4. The number of hydrogen-bond acceptors (Lipinski definition) is 4. The van der Waals surface area contributed by atoms with Crippen molar-refractivity contribution in [1.82, 2.24) is 19.4 Å². The van der Waals surface area contributed by atoms with Crippen molar-refractivity contribution in [3.8, 4) is 0 Å². The molecule has 6 nitrogen and oxygen atoms in total. The van der Waals surface area contributed by atoms with Gasteiger partial charge in [-0.3, -0.25) is 14.8 Å². The van der Waals surface area contributed by atoms with Crippen LogP contribution in [-0.2, 0) is 11.8 Å². The molecule has 1 atom stereocenters. The van der Waals surface area contributed by atoms with Gasteiger partial charge in [-0.05, 0) is 6.07 Å². The summed E-state index contributed by atoms with van der Waals surface area (Å²) >= 11 is 0. The molecule has 0 N–H and O–H groups in total. The molecule has 1 aromatic carbocycles. The Morgan fingerprint density at radius 1 is 1.29 bits per heavy atom. The van der Waals surface area contributed by atoms with Gasteiger partial charge in [0, 0.05) is 43.1 Å². The first-order valence-corrected chi connectivity index (χ1v) is 7.95. The van der Waals surface area contributed by atoms with E-state index in [1.165, 1.54) is 0 Å². The summed E-state index contributed by atoms with van der Waals surface area (Å²) in [5, 5.41) is 0.979. The maximum absolute atomic E-state index is 13.0. The molecule has 0 aliphatic carbocycles. The number of ether oxygens (including phenoxy) is 1. The average Bonchev–Trinajstić information content (AvgIpc) is 2.99. The number of para-hydroxylation sites is 1. The van der Waals surface area contributed by atoms with Crippen molar-refractivity contribution >= 4 is 16.8 Å². The summed E-state index contributed by atoms with van der Waals surface area (Å²) in [6, 6.07) is 7.95. The fourth-order valence-electron chi connectivity index (χ4n) is 3.17. The number of benzene rings is 1. The average molecular weight is 322 g/mol. The van der Waals surface area contributed by atoms with Crippen LogP contribution >= 0.6 is 0 Å². The van der Waals surface area contributed by atoms with Gasteiger partial charge in [0.15, 0.2) is 0 Å². The maximum Gasteiger partial charge on any atom is 0.256 e. The molecule has 0 unspecified atom stereocenters. The largest absolute Gasteiger partial charge is 0.368 e. The number of amides is 1. The normalized spacial score (nSPS) is 18.0. The van der Waals surface area contributed by atoms with Gasteiger partial charge in [0.1, 0.15) is 6.10 Å². The van der Waals surface area contributed by atoms with E-state index in [1.807, 2.05) is 47.0 Å². The molecule has 122 valence electrons. The van der Waals surface area contributed by atoms with E-state index in [1.54, 1.807) is 18.6 Å². The maximum atomic E-state index is 13.0. The minimum absolute atomic E-state index is 0.0315. The van der Waals surface area contributed by atoms with Crippen molar-refractivity contribution in [3.63, 3.8) is 0 Å². The highest BCUT2D eigenvalue weighted by molar-refractivity contribution is 6.07. The molecule has 1 aliphatic heterocycles. The number of aryl methyl sites for hydroxylation is 1. The summed E-state index contributed by atoms with van der Waals surface area (Å²) < 4.78 is 7.76. The predicted molar refractivity (Wildman–Crippen MR) is 89.5 cm³/mol. The topological polar surface area (TPSA) is 60.2 Å². The number of morpholine rings is 1. The summed E-state index contributed by atoms with van der Waals surface area (Å²) in [6.45, 7) is 1.57. The van der Waals surface area contributed by atoms with Gasteiger partial charge in [-0.15, -0.1) is 0 Å². The van der Waals surface area contributed by atoms with Gasteiger partial charge in [0.25, 0.3) is 5.91 Å². The van der Waals surface area contributed by atoms with Crippen LogP contribution in [-0.4, -0.2) is 45.0 Å². The third kappa shape index (κ3) is 2.55. The molecular weight excluding hydrogens is 304 g/mol. The van der Waals surface area contributed by atoms with Gasteiger partial charge in [-0.1, -0.05) is 18.2 Å². The predicted octanol–water partition coefficient (Wildman–Crippen LogP) is 2.18. The Bertz CT molecular complexity index is 875. The van der Waals surface area contributed by atoms with Crippen molar-refractivity contribution in [3.05, 3.63) is 60.3 Å².